The molecular formula is C19H23NO2S. The van der Waals surface area contributed by atoms with E-state index in [0.717, 1.165) is 10.5 Å². The zero-order chi connectivity index (χ0) is 17.0. The molecular weight excluding hydrogens is 306 g/mol. The van der Waals surface area contributed by atoms with E-state index in [1.807, 2.05) is 62.2 Å². The molecule has 1 aromatic heterocycles. The van der Waals surface area contributed by atoms with Gasteiger partial charge in [-0.05, 0) is 45.2 Å². The lowest BCUT2D eigenvalue weighted by molar-refractivity contribution is -0.129. The maximum Gasteiger partial charge on any atom is 0.247 e. The number of aromatic hydroxyl groups is 1. The van der Waals surface area contributed by atoms with Crippen LogP contribution in [0.1, 0.15) is 38.1 Å². The van der Waals surface area contributed by atoms with Gasteiger partial charge in [-0.25, -0.2) is 0 Å². The number of hydrogen-bond donors (Lipinski definition) is 1. The van der Waals surface area contributed by atoms with Crippen LogP contribution in [0.25, 0.3) is 5.57 Å². The highest BCUT2D eigenvalue weighted by Gasteiger charge is 2.20. The van der Waals surface area contributed by atoms with Crippen molar-refractivity contribution in [2.75, 3.05) is 0 Å². The van der Waals surface area contributed by atoms with Crippen LogP contribution in [0.3, 0.4) is 0 Å². The van der Waals surface area contributed by atoms with Gasteiger partial charge < -0.3 is 10.0 Å². The molecule has 0 saturated heterocycles. The summed E-state index contributed by atoms with van der Waals surface area (Å²) in [4.78, 5) is 15.6. The smallest absolute Gasteiger partial charge is 0.247 e. The van der Waals surface area contributed by atoms with Gasteiger partial charge in [0.1, 0.15) is 5.75 Å². The molecule has 0 fully saturated rings. The largest absolute Gasteiger partial charge is 0.507 e. The first-order valence-corrected chi connectivity index (χ1v) is 8.66. The summed E-state index contributed by atoms with van der Waals surface area (Å²) < 4.78 is 0. The number of thiophene rings is 1. The number of amides is 1. The molecule has 2 aromatic rings. The number of nitrogens with zero attached hydrogens (tertiary/aromatic N) is 1. The Morgan fingerprint density at radius 2 is 1.74 bits per heavy atom. The number of carbonyl (C=O) groups excluding carboxylic acids is 1. The number of phenols is 1. The fraction of sp³-hybridized carbons (Fsp3) is 0.316. The number of hydrogen-bond acceptors (Lipinski definition) is 3. The molecule has 2 rings (SSSR count). The molecule has 1 heterocycles. The monoisotopic (exact) mass is 329 g/mol. The molecule has 0 bridgehead atoms. The van der Waals surface area contributed by atoms with Crippen molar-refractivity contribution < 1.29 is 9.90 Å². The summed E-state index contributed by atoms with van der Waals surface area (Å²) in [7, 11) is 0. The van der Waals surface area contributed by atoms with Crippen LogP contribution in [0.2, 0.25) is 0 Å². The first-order chi connectivity index (χ1) is 10.9. The minimum atomic E-state index is -0.0401. The van der Waals surface area contributed by atoms with Crippen molar-refractivity contribution in [1.29, 1.82) is 0 Å². The van der Waals surface area contributed by atoms with Gasteiger partial charge >= 0.3 is 0 Å². The van der Waals surface area contributed by atoms with Crippen LogP contribution in [0, 0.1) is 0 Å². The number of carbonyl (C=O) groups is 1. The fourth-order valence-electron chi connectivity index (χ4n) is 2.72. The van der Waals surface area contributed by atoms with E-state index in [9.17, 15) is 9.90 Å². The topological polar surface area (TPSA) is 40.5 Å². The molecule has 0 radical (unpaired) electrons. The second-order valence-electron chi connectivity index (χ2n) is 5.99. The number of phenolic OH excluding ortho intramolecular Hbond substituents is 1. The SMILES string of the molecule is CC(C)N(C(=O)C=C(c1cccs1)c1ccccc1O)C(C)C. The average Bonchev–Trinajstić information content (AvgIpc) is 2.98. The zero-order valence-electron chi connectivity index (χ0n) is 14.0. The van der Waals surface area contributed by atoms with E-state index in [1.165, 1.54) is 0 Å². The Bertz CT molecular complexity index is 679. The van der Waals surface area contributed by atoms with Crippen LogP contribution in [0.4, 0.5) is 0 Å². The molecule has 0 aliphatic heterocycles. The van der Waals surface area contributed by atoms with Crippen molar-refractivity contribution in [2.45, 2.75) is 39.8 Å². The first-order valence-electron chi connectivity index (χ1n) is 7.78. The van der Waals surface area contributed by atoms with Gasteiger partial charge in [0.05, 0.1) is 0 Å². The van der Waals surface area contributed by atoms with Gasteiger partial charge in [0, 0.05) is 34.2 Å². The summed E-state index contributed by atoms with van der Waals surface area (Å²) in [6.45, 7) is 8.04. The Labute approximate surface area is 141 Å². The highest BCUT2D eigenvalue weighted by Crippen LogP contribution is 2.32. The Balaban J connectivity index is 2.51. The molecule has 0 aliphatic carbocycles. The molecule has 0 saturated carbocycles. The van der Waals surface area contributed by atoms with E-state index in [0.29, 0.717) is 5.56 Å². The summed E-state index contributed by atoms with van der Waals surface area (Å²) in [5.74, 6) is 0.141. The maximum absolute atomic E-state index is 12.8. The first kappa shape index (κ1) is 17.3. The van der Waals surface area contributed by atoms with E-state index in [1.54, 1.807) is 29.5 Å². The van der Waals surface area contributed by atoms with E-state index in [2.05, 4.69) is 0 Å². The Hall–Kier alpha value is -2.07. The second-order valence-corrected chi connectivity index (χ2v) is 6.93. The van der Waals surface area contributed by atoms with E-state index >= 15 is 0 Å². The van der Waals surface area contributed by atoms with Gasteiger partial charge in [-0.2, -0.15) is 0 Å². The van der Waals surface area contributed by atoms with Gasteiger partial charge in [0.15, 0.2) is 0 Å². The third kappa shape index (κ3) is 4.02. The van der Waals surface area contributed by atoms with Gasteiger partial charge in [0.2, 0.25) is 5.91 Å². The van der Waals surface area contributed by atoms with Gasteiger partial charge in [-0.1, -0.05) is 24.3 Å². The molecule has 1 amide bonds. The predicted molar refractivity (Wildman–Crippen MR) is 96.6 cm³/mol. The molecule has 0 unspecified atom stereocenters. The molecule has 3 nitrogen and oxygen atoms in total. The Morgan fingerprint density at radius 1 is 1.09 bits per heavy atom. The summed E-state index contributed by atoms with van der Waals surface area (Å²) in [6, 6.07) is 11.3. The highest BCUT2D eigenvalue weighted by molar-refractivity contribution is 7.11. The van der Waals surface area contributed by atoms with Crippen LogP contribution < -0.4 is 0 Å². The van der Waals surface area contributed by atoms with Crippen molar-refractivity contribution in [3.8, 4) is 5.75 Å². The van der Waals surface area contributed by atoms with Crippen LogP contribution >= 0.6 is 11.3 Å². The number of benzene rings is 1. The van der Waals surface area contributed by atoms with E-state index in [-0.39, 0.29) is 23.7 Å². The normalized spacial score (nSPS) is 12.0. The van der Waals surface area contributed by atoms with E-state index in [4.69, 9.17) is 0 Å². The standard InChI is InChI=1S/C19H23NO2S/c1-13(2)20(14(3)4)19(22)12-16(18-10-7-11-23-18)15-8-5-6-9-17(15)21/h5-14,21H,1-4H3. The van der Waals surface area contributed by atoms with Gasteiger partial charge in [-0.15, -0.1) is 11.3 Å². The van der Waals surface area contributed by atoms with Crippen LogP contribution in [-0.4, -0.2) is 28.0 Å². The lowest BCUT2D eigenvalue weighted by Gasteiger charge is -2.30. The van der Waals surface area contributed by atoms with E-state index < -0.39 is 0 Å². The third-order valence-electron chi connectivity index (χ3n) is 3.62. The summed E-state index contributed by atoms with van der Waals surface area (Å²) >= 11 is 1.55. The maximum atomic E-state index is 12.8. The minimum Gasteiger partial charge on any atom is -0.507 e. The van der Waals surface area contributed by atoms with Gasteiger partial charge in [0.25, 0.3) is 0 Å². The molecule has 4 heteroatoms. The molecule has 1 N–H and O–H groups in total. The van der Waals surface area contributed by atoms with Crippen LogP contribution in [0.15, 0.2) is 47.9 Å². The number of rotatable bonds is 5. The van der Waals surface area contributed by atoms with Crippen molar-refractivity contribution in [3.63, 3.8) is 0 Å². The van der Waals surface area contributed by atoms with Crippen molar-refractivity contribution in [1.82, 2.24) is 4.90 Å². The highest BCUT2D eigenvalue weighted by atomic mass is 32.1. The average molecular weight is 329 g/mol. The lowest BCUT2D eigenvalue weighted by Crippen LogP contribution is -2.41. The minimum absolute atomic E-state index is 0.0401. The fourth-order valence-corrected chi connectivity index (χ4v) is 3.47. The Kier molecular flexibility index (Phi) is 5.61. The lowest BCUT2D eigenvalue weighted by atomic mass is 10.0. The summed E-state index contributed by atoms with van der Waals surface area (Å²) in [6.07, 6.45) is 1.64. The molecule has 0 aliphatic rings. The second kappa shape index (κ2) is 7.47. The molecule has 23 heavy (non-hydrogen) atoms. The molecule has 1 aromatic carbocycles. The van der Waals surface area contributed by atoms with Gasteiger partial charge in [-0.3, -0.25) is 4.79 Å². The van der Waals surface area contributed by atoms with Crippen LogP contribution in [-0.2, 0) is 4.79 Å². The summed E-state index contributed by atoms with van der Waals surface area (Å²) in [5, 5.41) is 12.2. The summed E-state index contributed by atoms with van der Waals surface area (Å²) in [5.41, 5.74) is 1.44. The molecule has 122 valence electrons. The van der Waals surface area contributed by atoms with Crippen molar-refractivity contribution >= 4 is 22.8 Å². The van der Waals surface area contributed by atoms with Crippen LogP contribution in [0.5, 0.6) is 5.75 Å². The quantitative estimate of drug-likeness (QED) is 0.819. The predicted octanol–water partition coefficient (Wildman–Crippen LogP) is 4.53. The number of para-hydroxylation sites is 1. The Morgan fingerprint density at radius 3 is 2.26 bits per heavy atom. The zero-order valence-corrected chi connectivity index (χ0v) is 14.8. The molecule has 0 spiro atoms. The van der Waals surface area contributed by atoms with Crippen molar-refractivity contribution in [3.05, 3.63) is 58.3 Å². The third-order valence-corrected chi connectivity index (χ3v) is 4.52. The molecule has 0 atom stereocenters. The van der Waals surface area contributed by atoms with Crippen molar-refractivity contribution in [2.24, 2.45) is 0 Å².